The topological polar surface area (TPSA) is 89.3 Å². The molecule has 1 N–H and O–H groups in total. The fourth-order valence-corrected chi connectivity index (χ4v) is 3.84. The van der Waals surface area contributed by atoms with Crippen LogP contribution in [0.1, 0.15) is 35.2 Å². The molecule has 0 amide bonds. The number of hydrogen-bond donors (Lipinski definition) is 1. The van der Waals surface area contributed by atoms with Crippen molar-refractivity contribution in [3.8, 4) is 0 Å². The van der Waals surface area contributed by atoms with Crippen molar-refractivity contribution in [1.29, 1.82) is 0 Å². The first-order valence-electron chi connectivity index (χ1n) is 7.46. The molecular formula is C17H20N2O4S. The summed E-state index contributed by atoms with van der Waals surface area (Å²) in [4.78, 5) is 10.1. The van der Waals surface area contributed by atoms with Crippen molar-refractivity contribution in [1.82, 2.24) is 4.72 Å². The van der Waals surface area contributed by atoms with E-state index < -0.39 is 21.0 Å². The molecule has 7 heteroatoms. The lowest BCUT2D eigenvalue weighted by Crippen LogP contribution is -2.27. The molecular weight excluding hydrogens is 328 g/mol. The maximum absolute atomic E-state index is 12.5. The lowest BCUT2D eigenvalue weighted by atomic mass is 9.97. The maximum Gasteiger partial charge on any atom is 0.270 e. The molecule has 0 unspecified atom stereocenters. The summed E-state index contributed by atoms with van der Waals surface area (Å²) < 4.78 is 27.6. The van der Waals surface area contributed by atoms with Crippen LogP contribution in [-0.4, -0.2) is 13.3 Å². The van der Waals surface area contributed by atoms with Crippen LogP contribution in [0.25, 0.3) is 0 Å². The average molecular weight is 348 g/mol. The standard InChI is InChI=1S/C17H20N2O4S/c1-11-8-13(3)17(9-12(11)2)14(4)18-24(22,23)16-7-5-6-15(10-16)19(20)21/h5-10,14,18H,1-4H3/t14-/m1/s1. The van der Waals surface area contributed by atoms with Crippen LogP contribution < -0.4 is 4.72 Å². The van der Waals surface area contributed by atoms with Crippen molar-refractivity contribution in [3.63, 3.8) is 0 Å². The molecule has 0 fully saturated rings. The van der Waals surface area contributed by atoms with Gasteiger partial charge in [-0.1, -0.05) is 18.2 Å². The highest BCUT2D eigenvalue weighted by Gasteiger charge is 2.21. The van der Waals surface area contributed by atoms with Gasteiger partial charge in [-0.3, -0.25) is 10.1 Å². The van der Waals surface area contributed by atoms with Crippen LogP contribution in [0.2, 0.25) is 0 Å². The van der Waals surface area contributed by atoms with Crippen LogP contribution in [-0.2, 0) is 10.0 Å². The minimum atomic E-state index is -3.86. The second kappa shape index (κ2) is 6.70. The van der Waals surface area contributed by atoms with Crippen LogP contribution in [0.15, 0.2) is 41.3 Å². The molecule has 0 spiro atoms. The van der Waals surface area contributed by atoms with Gasteiger partial charge in [-0.15, -0.1) is 0 Å². The molecule has 0 heterocycles. The number of aryl methyl sites for hydroxylation is 3. The van der Waals surface area contributed by atoms with Gasteiger partial charge in [0.1, 0.15) is 0 Å². The van der Waals surface area contributed by atoms with Crippen molar-refractivity contribution < 1.29 is 13.3 Å². The average Bonchev–Trinajstić information content (AvgIpc) is 2.50. The summed E-state index contributed by atoms with van der Waals surface area (Å²) in [7, 11) is -3.86. The molecule has 0 aliphatic rings. The van der Waals surface area contributed by atoms with E-state index in [0.717, 1.165) is 28.3 Å². The van der Waals surface area contributed by atoms with Gasteiger partial charge in [0.15, 0.2) is 0 Å². The smallest absolute Gasteiger partial charge is 0.258 e. The molecule has 1 atom stereocenters. The Labute approximate surface area is 141 Å². The summed E-state index contributed by atoms with van der Waals surface area (Å²) in [6, 6.07) is 8.55. The highest BCUT2D eigenvalue weighted by Crippen LogP contribution is 2.24. The molecule has 0 bridgehead atoms. The van der Waals surface area contributed by atoms with E-state index in [1.54, 1.807) is 6.92 Å². The Balaban J connectivity index is 2.34. The Hall–Kier alpha value is -2.25. The fourth-order valence-electron chi connectivity index (χ4n) is 2.58. The molecule has 2 aromatic rings. The molecule has 24 heavy (non-hydrogen) atoms. The summed E-state index contributed by atoms with van der Waals surface area (Å²) >= 11 is 0. The van der Waals surface area contributed by atoms with E-state index in [0.29, 0.717) is 0 Å². The quantitative estimate of drug-likeness (QED) is 0.661. The second-order valence-electron chi connectivity index (χ2n) is 5.89. The summed E-state index contributed by atoms with van der Waals surface area (Å²) in [5, 5.41) is 10.8. The number of hydrogen-bond acceptors (Lipinski definition) is 4. The fraction of sp³-hybridized carbons (Fsp3) is 0.294. The number of non-ortho nitro benzene ring substituents is 1. The normalized spacial score (nSPS) is 12.8. The Morgan fingerprint density at radius 3 is 2.29 bits per heavy atom. The van der Waals surface area contributed by atoms with E-state index in [-0.39, 0.29) is 10.6 Å². The van der Waals surface area contributed by atoms with Gasteiger partial charge in [-0.25, -0.2) is 13.1 Å². The van der Waals surface area contributed by atoms with Crippen molar-refractivity contribution in [3.05, 3.63) is 68.8 Å². The van der Waals surface area contributed by atoms with Gasteiger partial charge in [0.05, 0.1) is 9.82 Å². The third-order valence-corrected chi connectivity index (χ3v) is 5.56. The monoisotopic (exact) mass is 348 g/mol. The minimum absolute atomic E-state index is 0.120. The summed E-state index contributed by atoms with van der Waals surface area (Å²) in [6.07, 6.45) is 0. The number of nitrogens with zero attached hydrogens (tertiary/aromatic N) is 1. The van der Waals surface area contributed by atoms with E-state index in [1.807, 2.05) is 32.9 Å². The van der Waals surface area contributed by atoms with Gasteiger partial charge in [0.25, 0.3) is 5.69 Å². The lowest BCUT2D eigenvalue weighted by Gasteiger charge is -2.18. The van der Waals surface area contributed by atoms with Crippen molar-refractivity contribution in [2.75, 3.05) is 0 Å². The number of nitro benzene ring substituents is 1. The van der Waals surface area contributed by atoms with Gasteiger partial charge >= 0.3 is 0 Å². The number of nitro groups is 1. The lowest BCUT2D eigenvalue weighted by molar-refractivity contribution is -0.385. The third-order valence-electron chi connectivity index (χ3n) is 4.02. The molecule has 2 rings (SSSR count). The Morgan fingerprint density at radius 2 is 1.67 bits per heavy atom. The minimum Gasteiger partial charge on any atom is -0.258 e. The SMILES string of the molecule is Cc1cc(C)c([C@@H](C)NS(=O)(=O)c2cccc([N+](=O)[O-])c2)cc1C. The van der Waals surface area contributed by atoms with Crippen LogP contribution >= 0.6 is 0 Å². The van der Waals surface area contributed by atoms with Gasteiger partial charge in [0.2, 0.25) is 10.0 Å². The van der Waals surface area contributed by atoms with Crippen molar-refractivity contribution in [2.24, 2.45) is 0 Å². The van der Waals surface area contributed by atoms with E-state index in [9.17, 15) is 18.5 Å². The first-order chi connectivity index (χ1) is 11.1. The van der Waals surface area contributed by atoms with Gasteiger partial charge in [-0.2, -0.15) is 0 Å². The van der Waals surface area contributed by atoms with E-state index in [4.69, 9.17) is 0 Å². The highest BCUT2D eigenvalue weighted by atomic mass is 32.2. The van der Waals surface area contributed by atoms with Gasteiger partial charge in [0, 0.05) is 18.2 Å². The molecule has 0 aromatic heterocycles. The predicted molar refractivity (Wildman–Crippen MR) is 92.5 cm³/mol. The van der Waals surface area contributed by atoms with Crippen molar-refractivity contribution >= 4 is 15.7 Å². The van der Waals surface area contributed by atoms with Crippen molar-refractivity contribution in [2.45, 2.75) is 38.6 Å². The number of sulfonamides is 1. The van der Waals surface area contributed by atoms with Crippen LogP contribution in [0.4, 0.5) is 5.69 Å². The largest absolute Gasteiger partial charge is 0.270 e. The highest BCUT2D eigenvalue weighted by molar-refractivity contribution is 7.89. The molecule has 0 saturated heterocycles. The summed E-state index contributed by atoms with van der Waals surface area (Å²) in [5.74, 6) is 0. The number of nitrogens with one attached hydrogen (secondary N) is 1. The first kappa shape index (κ1) is 18.1. The molecule has 0 aliphatic heterocycles. The number of rotatable bonds is 5. The zero-order valence-electron chi connectivity index (χ0n) is 14.0. The van der Waals surface area contributed by atoms with Gasteiger partial charge in [-0.05, 0) is 56.0 Å². The zero-order valence-corrected chi connectivity index (χ0v) is 14.8. The Morgan fingerprint density at radius 1 is 1.04 bits per heavy atom. The first-order valence-corrected chi connectivity index (χ1v) is 8.94. The Kier molecular flexibility index (Phi) is 5.05. The van der Waals surface area contributed by atoms with E-state index >= 15 is 0 Å². The van der Waals surface area contributed by atoms with Crippen LogP contribution in [0.3, 0.4) is 0 Å². The second-order valence-corrected chi connectivity index (χ2v) is 7.60. The van der Waals surface area contributed by atoms with E-state index in [1.165, 1.54) is 18.2 Å². The molecule has 2 aromatic carbocycles. The van der Waals surface area contributed by atoms with Crippen LogP contribution in [0.5, 0.6) is 0 Å². The van der Waals surface area contributed by atoms with Gasteiger partial charge < -0.3 is 0 Å². The third kappa shape index (κ3) is 3.80. The summed E-state index contributed by atoms with van der Waals surface area (Å²) in [6.45, 7) is 7.66. The van der Waals surface area contributed by atoms with Crippen LogP contribution in [0, 0.1) is 30.9 Å². The molecule has 6 nitrogen and oxygen atoms in total. The number of benzene rings is 2. The molecule has 0 radical (unpaired) electrons. The molecule has 128 valence electrons. The van der Waals surface area contributed by atoms with E-state index in [2.05, 4.69) is 4.72 Å². The maximum atomic E-state index is 12.5. The Bertz CT molecular complexity index is 891. The summed E-state index contributed by atoms with van der Waals surface area (Å²) in [5.41, 5.74) is 3.84. The molecule has 0 saturated carbocycles. The predicted octanol–water partition coefficient (Wildman–Crippen LogP) is 3.56. The zero-order chi connectivity index (χ0) is 18.1. The molecule has 0 aliphatic carbocycles.